The Labute approximate surface area is 184 Å². The van der Waals surface area contributed by atoms with Crippen LogP contribution in [0.4, 0.5) is 11.5 Å². The van der Waals surface area contributed by atoms with Gasteiger partial charge >= 0.3 is 0 Å². The predicted molar refractivity (Wildman–Crippen MR) is 123 cm³/mol. The number of hydrogen-bond acceptors (Lipinski definition) is 6. The summed E-state index contributed by atoms with van der Waals surface area (Å²) in [5, 5.41) is 2.47. The number of nitrogens with two attached hydrogens (primary N) is 1. The van der Waals surface area contributed by atoms with E-state index >= 15 is 0 Å². The number of rotatable bonds is 4. The molecule has 1 aliphatic heterocycles. The quantitative estimate of drug-likeness (QED) is 0.536. The van der Waals surface area contributed by atoms with Gasteiger partial charge in [0.25, 0.3) is 0 Å². The van der Waals surface area contributed by atoms with E-state index < -0.39 is 0 Å². The van der Waals surface area contributed by atoms with Gasteiger partial charge in [-0.25, -0.2) is 15.0 Å². The van der Waals surface area contributed by atoms with Gasteiger partial charge in [0, 0.05) is 17.1 Å². The van der Waals surface area contributed by atoms with E-state index in [1.165, 1.54) is 11.9 Å². The van der Waals surface area contributed by atoms with Crippen LogP contribution >= 0.6 is 11.6 Å². The molecule has 7 nitrogen and oxygen atoms in total. The molecule has 1 unspecified atom stereocenters. The summed E-state index contributed by atoms with van der Waals surface area (Å²) in [6.45, 7) is 4.93. The molecule has 4 aromatic rings. The molecule has 5 rings (SSSR count). The standard InChI is InChI=1S/C23H22ClN7/c1-14(2)15-6-3-4-9-19(15)31-10-16-17(24)7-5-8-18(16)29-20(31)11-30-13-28-21-22(25)26-12-27-23(21)30/h3-10,12-14,20H,11H2,1-2H3,(H2,25,26,27). The summed E-state index contributed by atoms with van der Waals surface area (Å²) < 4.78 is 1.97. The Kier molecular flexibility index (Phi) is 4.82. The van der Waals surface area contributed by atoms with Crippen molar-refractivity contribution in [3.8, 4) is 0 Å². The minimum atomic E-state index is -0.209. The summed E-state index contributed by atoms with van der Waals surface area (Å²) in [7, 11) is 0. The van der Waals surface area contributed by atoms with Crippen molar-refractivity contribution in [2.45, 2.75) is 32.5 Å². The third-order valence-electron chi connectivity index (χ3n) is 5.53. The van der Waals surface area contributed by atoms with E-state index in [9.17, 15) is 0 Å². The fraction of sp³-hybridized carbons (Fsp3) is 0.217. The first-order valence-corrected chi connectivity index (χ1v) is 10.5. The third-order valence-corrected chi connectivity index (χ3v) is 5.86. The van der Waals surface area contributed by atoms with E-state index in [1.807, 2.05) is 22.8 Å². The van der Waals surface area contributed by atoms with Crippen molar-refractivity contribution in [3.05, 3.63) is 76.3 Å². The van der Waals surface area contributed by atoms with Crippen LogP contribution in [0, 0.1) is 0 Å². The van der Waals surface area contributed by atoms with Crippen LogP contribution < -0.4 is 21.2 Å². The van der Waals surface area contributed by atoms with E-state index in [2.05, 4.69) is 64.2 Å². The fourth-order valence-corrected chi connectivity index (χ4v) is 4.21. The molecular weight excluding hydrogens is 410 g/mol. The number of aromatic nitrogens is 4. The lowest BCUT2D eigenvalue weighted by atomic mass is 10.00. The molecule has 0 saturated carbocycles. The Morgan fingerprint density at radius 2 is 1.90 bits per heavy atom. The normalized spacial score (nSPS) is 15.6. The molecule has 2 aromatic carbocycles. The Bertz CT molecular complexity index is 1390. The molecule has 0 bridgehead atoms. The smallest absolute Gasteiger partial charge is 0.165 e. The molecular formula is C23H22ClN7. The molecule has 2 N–H and O–H groups in total. The zero-order valence-corrected chi connectivity index (χ0v) is 18.0. The first-order valence-electron chi connectivity index (χ1n) is 10.2. The number of hydrogen-bond donors (Lipinski definition) is 1. The molecule has 0 fully saturated rings. The summed E-state index contributed by atoms with van der Waals surface area (Å²) in [6.07, 6.45) is 5.09. The lowest BCUT2D eigenvalue weighted by molar-refractivity contribution is 0.555. The average Bonchev–Trinajstić information content (AvgIpc) is 3.18. The van der Waals surface area contributed by atoms with Crippen LogP contribution in [-0.4, -0.2) is 25.7 Å². The highest BCUT2D eigenvalue weighted by Gasteiger charge is 2.24. The Morgan fingerprint density at radius 1 is 1.06 bits per heavy atom. The van der Waals surface area contributed by atoms with Gasteiger partial charge in [0.1, 0.15) is 18.0 Å². The van der Waals surface area contributed by atoms with E-state index in [-0.39, 0.29) is 6.17 Å². The first-order chi connectivity index (χ1) is 15.0. The van der Waals surface area contributed by atoms with Crippen molar-refractivity contribution in [1.29, 1.82) is 0 Å². The molecule has 0 aliphatic carbocycles. The number of nitrogen functional groups attached to an aromatic ring is 1. The molecule has 0 saturated heterocycles. The minimum Gasteiger partial charge on any atom is -0.382 e. The molecule has 2 aromatic heterocycles. The van der Waals surface area contributed by atoms with Crippen LogP contribution in [-0.2, 0) is 6.54 Å². The van der Waals surface area contributed by atoms with E-state index in [0.717, 1.165) is 16.3 Å². The Hall–Kier alpha value is -3.45. The maximum Gasteiger partial charge on any atom is 0.165 e. The molecule has 156 valence electrons. The van der Waals surface area contributed by atoms with Crippen molar-refractivity contribution in [1.82, 2.24) is 19.5 Å². The first kappa shape index (κ1) is 19.5. The molecule has 0 radical (unpaired) electrons. The molecule has 1 atom stereocenters. The lowest BCUT2D eigenvalue weighted by Gasteiger charge is -2.32. The molecule has 8 heteroatoms. The van der Waals surface area contributed by atoms with Crippen LogP contribution in [0.1, 0.15) is 25.3 Å². The molecule has 0 amide bonds. The number of para-hydroxylation sites is 1. The Balaban J connectivity index is 1.67. The number of halogens is 1. The van der Waals surface area contributed by atoms with Gasteiger partial charge in [0.05, 0.1) is 23.3 Å². The second kappa shape index (κ2) is 7.67. The second-order valence-corrected chi connectivity index (χ2v) is 8.27. The minimum absolute atomic E-state index is 0.209. The van der Waals surface area contributed by atoms with Gasteiger partial charge in [-0.1, -0.05) is 49.7 Å². The largest absolute Gasteiger partial charge is 0.382 e. The number of fused-ring (bicyclic) bond motifs is 2. The van der Waals surface area contributed by atoms with E-state index in [4.69, 9.17) is 22.3 Å². The predicted octanol–water partition coefficient (Wildman–Crippen LogP) is 3.09. The van der Waals surface area contributed by atoms with Crippen LogP contribution in [0.15, 0.2) is 60.1 Å². The number of benzene rings is 2. The van der Waals surface area contributed by atoms with E-state index in [1.54, 1.807) is 6.33 Å². The van der Waals surface area contributed by atoms with Crippen molar-refractivity contribution < 1.29 is 0 Å². The van der Waals surface area contributed by atoms with Gasteiger partial charge in [0.15, 0.2) is 11.5 Å². The highest BCUT2D eigenvalue weighted by molar-refractivity contribution is 6.30. The fourth-order valence-electron chi connectivity index (χ4n) is 3.99. The van der Waals surface area contributed by atoms with Gasteiger partial charge in [-0.15, -0.1) is 0 Å². The summed E-state index contributed by atoms with van der Waals surface area (Å²) in [4.78, 5) is 20.1. The summed E-state index contributed by atoms with van der Waals surface area (Å²) in [5.41, 5.74) is 9.61. The van der Waals surface area contributed by atoms with Crippen molar-refractivity contribution in [3.63, 3.8) is 0 Å². The summed E-state index contributed by atoms with van der Waals surface area (Å²) in [6, 6.07) is 14.2. The molecule has 3 heterocycles. The van der Waals surface area contributed by atoms with Gasteiger partial charge < -0.3 is 15.2 Å². The van der Waals surface area contributed by atoms with Crippen LogP contribution in [0.3, 0.4) is 0 Å². The zero-order chi connectivity index (χ0) is 21.5. The number of imidazole rings is 1. The van der Waals surface area contributed by atoms with Crippen molar-refractivity contribution >= 4 is 40.5 Å². The zero-order valence-electron chi connectivity index (χ0n) is 17.3. The van der Waals surface area contributed by atoms with Crippen LogP contribution in [0.2, 0.25) is 5.02 Å². The van der Waals surface area contributed by atoms with Gasteiger partial charge in [0.2, 0.25) is 0 Å². The van der Waals surface area contributed by atoms with Gasteiger partial charge in [-0.05, 0) is 29.7 Å². The Morgan fingerprint density at radius 3 is 2.74 bits per heavy atom. The molecule has 0 spiro atoms. The maximum atomic E-state index is 6.52. The average molecular weight is 432 g/mol. The van der Waals surface area contributed by atoms with Gasteiger partial charge in [-0.3, -0.25) is 4.99 Å². The summed E-state index contributed by atoms with van der Waals surface area (Å²) >= 11 is 6.52. The van der Waals surface area contributed by atoms with Gasteiger partial charge in [-0.2, -0.15) is 0 Å². The highest BCUT2D eigenvalue weighted by atomic mass is 35.5. The number of nitrogens with zero attached hydrogens (tertiary/aromatic N) is 6. The second-order valence-electron chi connectivity index (χ2n) is 7.86. The molecule has 1 aliphatic rings. The van der Waals surface area contributed by atoms with Crippen molar-refractivity contribution in [2.75, 3.05) is 10.6 Å². The third kappa shape index (κ3) is 3.41. The van der Waals surface area contributed by atoms with Crippen LogP contribution in [0.5, 0.6) is 0 Å². The maximum absolute atomic E-state index is 6.52. The molecule has 31 heavy (non-hydrogen) atoms. The van der Waals surface area contributed by atoms with Crippen molar-refractivity contribution in [2.24, 2.45) is 4.99 Å². The number of anilines is 2. The topological polar surface area (TPSA) is 85.2 Å². The SMILES string of the molecule is CC(C)c1ccccc1N1C=c2c(Cl)cccc2=NC1Cn1cnc2c(N)ncnc21. The lowest BCUT2D eigenvalue weighted by Crippen LogP contribution is -2.44. The van der Waals surface area contributed by atoms with Crippen LogP contribution in [0.25, 0.3) is 17.4 Å². The summed E-state index contributed by atoms with van der Waals surface area (Å²) in [5.74, 6) is 0.731. The monoisotopic (exact) mass is 431 g/mol. The van der Waals surface area contributed by atoms with E-state index in [0.29, 0.717) is 34.5 Å². The highest BCUT2D eigenvalue weighted by Crippen LogP contribution is 2.30.